The van der Waals surface area contributed by atoms with Crippen molar-refractivity contribution in [2.75, 3.05) is 9.80 Å². The van der Waals surface area contributed by atoms with Crippen LogP contribution < -0.4 is 9.80 Å². The lowest BCUT2D eigenvalue weighted by atomic mass is 9.78. The number of hydrogen-bond donors (Lipinski definition) is 0. The molecule has 22 rings (SSSR count). The lowest BCUT2D eigenvalue weighted by molar-refractivity contribution is 0.662. The van der Waals surface area contributed by atoms with E-state index in [0.29, 0.717) is 0 Å². The predicted molar refractivity (Wildman–Crippen MR) is 479 cm³/mol. The minimum absolute atomic E-state index is 0.196. The largest absolute Gasteiger partial charge is 0.456 e. The molecule has 0 bridgehead atoms. The van der Waals surface area contributed by atoms with Crippen LogP contribution in [0.15, 0.2) is 397 Å². The maximum absolute atomic E-state index is 7.52. The van der Waals surface area contributed by atoms with Gasteiger partial charge in [-0.2, -0.15) is 0 Å². The average molecular weight is 1460 g/mol. The van der Waals surface area contributed by atoms with Crippen molar-refractivity contribution in [1.29, 1.82) is 0 Å². The van der Waals surface area contributed by atoms with E-state index >= 15 is 0 Å². The van der Waals surface area contributed by atoms with E-state index in [0.717, 1.165) is 139 Å². The molecule has 20 aromatic rings. The summed E-state index contributed by atoms with van der Waals surface area (Å²) in [6, 6.07) is 143. The Kier molecular flexibility index (Phi) is 15.3. The predicted octanol–water partition coefficient (Wildman–Crippen LogP) is 31.0. The van der Waals surface area contributed by atoms with Crippen molar-refractivity contribution in [2.24, 2.45) is 0 Å². The SMILES string of the molecule is CC1(C)c2ccccc2-c2cccc(-c3ccc(N(c4cc(-c5ccc6ccccc6c5)ccc4-c4ccccc4)c4ccc(-c5cc(-c6ccc(N(c7ccc8oc9ccccc9c8c7)c7cc(-c8ccc9ccccc9c8)ccc7-c7ccccc7)cc6)c6c(c5)-c5ccccc5C6(C)C)c5oc6ccccc6c45)cc3)c21. The second kappa shape index (κ2) is 26.2. The third kappa shape index (κ3) is 10.7. The van der Waals surface area contributed by atoms with Crippen molar-refractivity contribution in [2.45, 2.75) is 38.5 Å². The number of benzene rings is 18. The van der Waals surface area contributed by atoms with Crippen LogP contribution in [0, 0.1) is 0 Å². The fraction of sp³-hybridized carbons (Fsp3) is 0.0545. The van der Waals surface area contributed by atoms with E-state index in [1.807, 2.05) is 6.07 Å². The number of hydrogen-bond acceptors (Lipinski definition) is 4. The average Bonchev–Trinajstić information content (AvgIpc) is 1.55. The molecule has 0 atom stereocenters. The Bertz CT molecular complexity index is 7280. The van der Waals surface area contributed by atoms with Gasteiger partial charge in [-0.05, 0) is 230 Å². The van der Waals surface area contributed by atoms with Gasteiger partial charge in [0.25, 0.3) is 0 Å². The van der Waals surface area contributed by atoms with Crippen LogP contribution in [-0.4, -0.2) is 0 Å². The van der Waals surface area contributed by atoms with Gasteiger partial charge < -0.3 is 18.6 Å². The highest BCUT2D eigenvalue weighted by Gasteiger charge is 2.40. The normalized spacial score (nSPS) is 13.1. The van der Waals surface area contributed by atoms with Crippen LogP contribution in [0.4, 0.5) is 34.1 Å². The van der Waals surface area contributed by atoms with Gasteiger partial charge in [0, 0.05) is 60.7 Å². The van der Waals surface area contributed by atoms with Crippen molar-refractivity contribution >= 4 is 99.5 Å². The molecule has 0 N–H and O–H groups in total. The minimum Gasteiger partial charge on any atom is -0.456 e. The van der Waals surface area contributed by atoms with E-state index in [1.165, 1.54) is 82.7 Å². The number of furan rings is 2. The zero-order valence-corrected chi connectivity index (χ0v) is 63.7. The van der Waals surface area contributed by atoms with Gasteiger partial charge in [-0.15, -0.1) is 0 Å². The molecule has 2 aliphatic rings. The van der Waals surface area contributed by atoms with Crippen molar-refractivity contribution in [1.82, 2.24) is 0 Å². The highest BCUT2D eigenvalue weighted by atomic mass is 16.3. The van der Waals surface area contributed by atoms with Crippen LogP contribution in [0.3, 0.4) is 0 Å². The molecule has 2 heterocycles. The van der Waals surface area contributed by atoms with Crippen LogP contribution >= 0.6 is 0 Å². The van der Waals surface area contributed by atoms with E-state index in [1.54, 1.807) is 0 Å². The lowest BCUT2D eigenvalue weighted by Gasteiger charge is -2.30. The van der Waals surface area contributed by atoms with E-state index in [2.05, 4.69) is 420 Å². The maximum atomic E-state index is 7.52. The molecule has 0 spiro atoms. The summed E-state index contributed by atoms with van der Waals surface area (Å²) in [7, 11) is 0. The van der Waals surface area contributed by atoms with Gasteiger partial charge in [-0.1, -0.05) is 313 Å². The molecule has 4 heteroatoms. The highest BCUT2D eigenvalue weighted by Crippen LogP contribution is 2.58. The first-order valence-electron chi connectivity index (χ1n) is 39.6. The third-order valence-electron chi connectivity index (χ3n) is 24.6. The highest BCUT2D eigenvalue weighted by molar-refractivity contribution is 6.18. The van der Waals surface area contributed by atoms with Gasteiger partial charge in [0.15, 0.2) is 0 Å². The molecule has 4 nitrogen and oxygen atoms in total. The quantitative estimate of drug-likeness (QED) is 0.115. The molecule has 0 amide bonds. The summed E-state index contributed by atoms with van der Waals surface area (Å²) < 4.78 is 14.1. The van der Waals surface area contributed by atoms with Crippen LogP contribution in [0.1, 0.15) is 49.9 Å². The monoisotopic (exact) mass is 1460 g/mol. The molecular formula is C110H76N2O2. The summed E-state index contributed by atoms with van der Waals surface area (Å²) in [5.41, 5.74) is 35.1. The van der Waals surface area contributed by atoms with E-state index in [9.17, 15) is 0 Å². The smallest absolute Gasteiger partial charge is 0.145 e. The summed E-state index contributed by atoms with van der Waals surface area (Å²) in [6.45, 7) is 9.56. The van der Waals surface area contributed by atoms with Gasteiger partial charge in [-0.25, -0.2) is 0 Å². The Balaban J connectivity index is 0.743. The molecular weight excluding hydrogens is 1380 g/mol. The summed E-state index contributed by atoms with van der Waals surface area (Å²) in [5, 5.41) is 9.02. The molecule has 0 radical (unpaired) electrons. The molecule has 2 aromatic heterocycles. The Morgan fingerprint density at radius 3 is 1.25 bits per heavy atom. The van der Waals surface area contributed by atoms with Crippen molar-refractivity contribution in [3.63, 3.8) is 0 Å². The van der Waals surface area contributed by atoms with Gasteiger partial charge in [0.1, 0.15) is 22.3 Å². The lowest BCUT2D eigenvalue weighted by Crippen LogP contribution is -2.16. The molecule has 0 fully saturated rings. The van der Waals surface area contributed by atoms with Crippen LogP contribution in [0.25, 0.3) is 166 Å². The van der Waals surface area contributed by atoms with Crippen LogP contribution in [0.5, 0.6) is 0 Å². The Labute approximate surface area is 663 Å². The van der Waals surface area contributed by atoms with Crippen molar-refractivity contribution in [3.05, 3.63) is 411 Å². The minimum atomic E-state index is -0.352. The van der Waals surface area contributed by atoms with E-state index in [-0.39, 0.29) is 10.8 Å². The first kappa shape index (κ1) is 66.6. The second-order valence-electron chi connectivity index (χ2n) is 31.8. The van der Waals surface area contributed by atoms with Crippen LogP contribution in [-0.2, 0) is 10.8 Å². The fourth-order valence-electron chi connectivity index (χ4n) is 19.1. The molecule has 2 aliphatic carbocycles. The molecule has 18 aromatic carbocycles. The number of fused-ring (bicyclic) bond motifs is 14. The van der Waals surface area contributed by atoms with Crippen LogP contribution in [0.2, 0.25) is 0 Å². The molecule has 0 saturated carbocycles. The number of nitrogens with zero attached hydrogens (tertiary/aromatic N) is 2. The maximum Gasteiger partial charge on any atom is 0.145 e. The zero-order valence-electron chi connectivity index (χ0n) is 63.7. The Morgan fingerprint density at radius 2 is 0.632 bits per heavy atom. The van der Waals surface area contributed by atoms with Gasteiger partial charge >= 0.3 is 0 Å². The second-order valence-corrected chi connectivity index (χ2v) is 31.8. The van der Waals surface area contributed by atoms with E-state index in [4.69, 9.17) is 8.83 Å². The first-order chi connectivity index (χ1) is 56.0. The molecule has 0 saturated heterocycles. The Morgan fingerprint density at radius 1 is 0.211 bits per heavy atom. The van der Waals surface area contributed by atoms with Gasteiger partial charge in [0.2, 0.25) is 0 Å². The molecule has 538 valence electrons. The molecule has 0 aliphatic heterocycles. The Hall–Kier alpha value is -14.3. The van der Waals surface area contributed by atoms with Crippen molar-refractivity contribution in [3.8, 4) is 100 Å². The fourth-order valence-corrected chi connectivity index (χ4v) is 19.1. The zero-order chi connectivity index (χ0) is 75.9. The first-order valence-corrected chi connectivity index (χ1v) is 39.6. The number of para-hydroxylation sites is 2. The number of anilines is 6. The van der Waals surface area contributed by atoms with E-state index < -0.39 is 0 Å². The standard InChI is InChI=1S/C110H76N2O2/c1-109(2)97-38-19-15-32-89(97)92-37-23-36-87(106(92)109)73-46-54-83(55-47-73)112(101-67-80(51-58-86(101)72-28-9-6-10-29-72)78-45-43-70-25-12-14-31-76(70)63-78)99-60-59-88(108-105(99)93-35-18-22-41-103(93)114-108)81-64-94(107-96(65-81)90-33-16-20-39-98(90)110(107,3)4)74-48-52-82(53-49-74)111(84-56-61-104-95(68-84)91-34-17-21-40-102(91)113-104)100-66-79(50-57-85(100)71-26-7-5-8-27-71)77-44-42-69-24-11-13-30-75(69)62-77/h5-68H,1-4H3. The summed E-state index contributed by atoms with van der Waals surface area (Å²) in [6.07, 6.45) is 0. The molecule has 0 unspecified atom stereocenters. The van der Waals surface area contributed by atoms with Gasteiger partial charge in [-0.3, -0.25) is 0 Å². The number of rotatable bonds is 13. The molecule has 114 heavy (non-hydrogen) atoms. The summed E-state index contributed by atoms with van der Waals surface area (Å²) >= 11 is 0. The summed E-state index contributed by atoms with van der Waals surface area (Å²) in [5.74, 6) is 0. The third-order valence-corrected chi connectivity index (χ3v) is 24.6. The summed E-state index contributed by atoms with van der Waals surface area (Å²) in [4.78, 5) is 4.96. The van der Waals surface area contributed by atoms with Gasteiger partial charge in [0.05, 0.1) is 22.4 Å². The topological polar surface area (TPSA) is 32.8 Å². The van der Waals surface area contributed by atoms with Crippen molar-refractivity contribution < 1.29 is 8.83 Å².